The maximum Gasteiger partial charge on any atom is 0.211 e. The number of alkyl halides is 2. The van der Waals surface area contributed by atoms with Crippen molar-refractivity contribution in [2.75, 3.05) is 0 Å². The van der Waals surface area contributed by atoms with Crippen LogP contribution in [0.2, 0.25) is 0 Å². The molecule has 0 aliphatic heterocycles. The number of halogens is 2. The second-order valence-corrected chi connectivity index (χ2v) is 2.81. The van der Waals surface area contributed by atoms with E-state index in [0.29, 0.717) is 0 Å². The molecule has 0 aromatic rings. The van der Waals surface area contributed by atoms with E-state index in [4.69, 9.17) is 10.2 Å². The van der Waals surface area contributed by atoms with E-state index < -0.39 is 15.8 Å². The minimum atomic E-state index is -1.28. The zero-order valence-corrected chi connectivity index (χ0v) is 6.89. The lowest BCUT2D eigenvalue weighted by molar-refractivity contribution is -0.126. The molecule has 0 aliphatic carbocycles. The third-order valence-corrected chi connectivity index (χ3v) is 1.37. The maximum absolute atomic E-state index is 10.2. The Hall–Kier alpha value is 0.550. The zero-order valence-electron chi connectivity index (χ0n) is 3.71. The van der Waals surface area contributed by atoms with Crippen LogP contribution in [0.1, 0.15) is 0 Å². The molecule has 0 heterocycles. The second kappa shape index (κ2) is 3.55. The molecule has 0 spiro atoms. The summed E-state index contributed by atoms with van der Waals surface area (Å²) in [6.45, 7) is 0. The van der Waals surface area contributed by atoms with Crippen molar-refractivity contribution >= 4 is 37.6 Å². The fourth-order valence-electron chi connectivity index (χ4n) is 0.113. The third kappa shape index (κ3) is 2.76. The first-order valence-corrected chi connectivity index (χ1v) is 3.57. The third-order valence-electron chi connectivity index (χ3n) is 0.470. The van der Waals surface area contributed by atoms with Gasteiger partial charge in [0.15, 0.2) is 10.0 Å². The van der Waals surface area contributed by atoms with E-state index in [1.165, 1.54) is 0 Å². The zero-order chi connectivity index (χ0) is 6.73. The fourth-order valence-corrected chi connectivity index (χ4v) is 0.969. The van der Waals surface area contributed by atoms with Gasteiger partial charge in [-0.2, -0.15) is 0 Å². The van der Waals surface area contributed by atoms with E-state index in [-0.39, 0.29) is 0 Å². The molecule has 0 saturated heterocycles. The lowest BCUT2D eigenvalue weighted by Gasteiger charge is -2.00. The maximum atomic E-state index is 10.2. The van der Waals surface area contributed by atoms with Crippen LogP contribution >= 0.6 is 31.9 Å². The SMILES string of the molecule is O=C(C(O)Br)C(O)Br. The van der Waals surface area contributed by atoms with E-state index >= 15 is 0 Å². The topological polar surface area (TPSA) is 57.5 Å². The van der Waals surface area contributed by atoms with Crippen LogP contribution in [0.5, 0.6) is 0 Å². The summed E-state index contributed by atoms with van der Waals surface area (Å²) in [5, 5.41) is 14.2. The molecule has 0 fully saturated rings. The van der Waals surface area contributed by atoms with Gasteiger partial charge >= 0.3 is 0 Å². The predicted molar refractivity (Wildman–Crippen MR) is 34.9 cm³/mol. The van der Waals surface area contributed by atoms with Crippen molar-refractivity contribution in [2.45, 2.75) is 10.0 Å². The highest BCUT2D eigenvalue weighted by atomic mass is 79.9. The highest BCUT2D eigenvalue weighted by molar-refractivity contribution is 9.10. The molecule has 0 radical (unpaired) electrons. The van der Waals surface area contributed by atoms with Crippen LogP contribution in [-0.4, -0.2) is 26.0 Å². The van der Waals surface area contributed by atoms with E-state index in [2.05, 4.69) is 31.9 Å². The largest absolute Gasteiger partial charge is 0.374 e. The van der Waals surface area contributed by atoms with Crippen molar-refractivity contribution < 1.29 is 15.0 Å². The van der Waals surface area contributed by atoms with Crippen molar-refractivity contribution in [3.8, 4) is 0 Å². The van der Waals surface area contributed by atoms with Gasteiger partial charge in [0.2, 0.25) is 5.78 Å². The second-order valence-electron chi connectivity index (χ2n) is 1.07. The summed E-state index contributed by atoms with van der Waals surface area (Å²) in [5.41, 5.74) is 0. The molecule has 0 aromatic carbocycles. The fraction of sp³-hybridized carbons (Fsp3) is 0.667. The molecule has 0 amide bonds. The number of hydrogen-bond donors (Lipinski definition) is 2. The van der Waals surface area contributed by atoms with Crippen molar-refractivity contribution in [3.05, 3.63) is 0 Å². The molecule has 0 aliphatic rings. The molecule has 2 atom stereocenters. The van der Waals surface area contributed by atoms with Crippen molar-refractivity contribution in [2.24, 2.45) is 0 Å². The molecular formula is C3H4Br2O3. The standard InChI is InChI=1S/C3H4Br2O3/c4-2(7)1(6)3(5)8/h2-3,7-8H. The van der Waals surface area contributed by atoms with E-state index in [0.717, 1.165) is 0 Å². The summed E-state index contributed by atoms with van der Waals surface area (Å²) < 4.78 is 0. The number of rotatable bonds is 2. The molecule has 0 aromatic heterocycles. The van der Waals surface area contributed by atoms with Gasteiger partial charge in [0, 0.05) is 0 Å². The Balaban J connectivity index is 3.65. The van der Waals surface area contributed by atoms with E-state index in [9.17, 15) is 4.79 Å². The average molecular weight is 248 g/mol. The van der Waals surface area contributed by atoms with E-state index in [1.54, 1.807) is 0 Å². The van der Waals surface area contributed by atoms with Crippen molar-refractivity contribution in [3.63, 3.8) is 0 Å². The lowest BCUT2D eigenvalue weighted by Crippen LogP contribution is -2.22. The quantitative estimate of drug-likeness (QED) is 0.675. The molecule has 2 unspecified atom stereocenters. The molecule has 3 nitrogen and oxygen atoms in total. The summed E-state index contributed by atoms with van der Waals surface area (Å²) in [5.74, 6) is -0.704. The minimum Gasteiger partial charge on any atom is -0.374 e. The summed E-state index contributed by atoms with van der Waals surface area (Å²) in [6.07, 6.45) is 0. The highest BCUT2D eigenvalue weighted by Crippen LogP contribution is 2.04. The van der Waals surface area contributed by atoms with Crippen LogP contribution in [0.15, 0.2) is 0 Å². The van der Waals surface area contributed by atoms with Crippen LogP contribution in [0, 0.1) is 0 Å². The first kappa shape index (κ1) is 8.55. The summed E-state index contributed by atoms with van der Waals surface area (Å²) in [4.78, 5) is 10.2. The number of carbonyl (C=O) groups excluding carboxylic acids is 1. The number of carbonyl (C=O) groups is 1. The Labute approximate surface area is 63.0 Å². The Morgan fingerprint density at radius 2 is 1.50 bits per heavy atom. The first-order chi connectivity index (χ1) is 3.55. The van der Waals surface area contributed by atoms with Gasteiger partial charge in [0.1, 0.15) is 0 Å². The van der Waals surface area contributed by atoms with Gasteiger partial charge in [-0.15, -0.1) is 0 Å². The monoisotopic (exact) mass is 246 g/mol. The van der Waals surface area contributed by atoms with Gasteiger partial charge in [-0.3, -0.25) is 4.79 Å². The van der Waals surface area contributed by atoms with Gasteiger partial charge in [0.05, 0.1) is 0 Å². The van der Waals surface area contributed by atoms with E-state index in [1.807, 2.05) is 0 Å². The Morgan fingerprint density at radius 3 is 1.50 bits per heavy atom. The Bertz CT molecular complexity index is 80.5. The van der Waals surface area contributed by atoms with Gasteiger partial charge in [0.25, 0.3) is 0 Å². The molecule has 2 N–H and O–H groups in total. The Kier molecular flexibility index (Phi) is 3.80. The van der Waals surface area contributed by atoms with Gasteiger partial charge in [-0.1, -0.05) is 0 Å². The predicted octanol–water partition coefficient (Wildman–Crippen LogP) is -0.0179. The van der Waals surface area contributed by atoms with Crippen LogP contribution < -0.4 is 0 Å². The Morgan fingerprint density at radius 1 is 1.25 bits per heavy atom. The molecular weight excluding hydrogens is 244 g/mol. The number of aliphatic hydroxyl groups excluding tert-OH is 2. The van der Waals surface area contributed by atoms with Gasteiger partial charge in [-0.05, 0) is 31.9 Å². The van der Waals surface area contributed by atoms with Gasteiger partial charge < -0.3 is 10.2 Å². The highest BCUT2D eigenvalue weighted by Gasteiger charge is 2.17. The summed E-state index contributed by atoms with van der Waals surface area (Å²) in [6, 6.07) is 0. The molecule has 5 heteroatoms. The first-order valence-electron chi connectivity index (χ1n) is 1.73. The lowest BCUT2D eigenvalue weighted by atomic mass is 10.5. The molecule has 48 valence electrons. The molecule has 0 saturated carbocycles. The average Bonchev–Trinajstić information content (AvgIpc) is 1.64. The molecule has 8 heavy (non-hydrogen) atoms. The number of ketones is 1. The summed E-state index contributed by atoms with van der Waals surface area (Å²) >= 11 is 5.11. The minimum absolute atomic E-state index is 0.704. The van der Waals surface area contributed by atoms with Crippen molar-refractivity contribution in [1.82, 2.24) is 0 Å². The normalized spacial score (nSPS) is 17.5. The smallest absolute Gasteiger partial charge is 0.211 e. The number of hydrogen-bond acceptors (Lipinski definition) is 3. The van der Waals surface area contributed by atoms with Crippen LogP contribution in [0.4, 0.5) is 0 Å². The van der Waals surface area contributed by atoms with Crippen LogP contribution in [-0.2, 0) is 4.79 Å². The summed E-state index contributed by atoms with van der Waals surface area (Å²) in [7, 11) is 0. The number of aliphatic hydroxyl groups is 2. The van der Waals surface area contributed by atoms with Crippen molar-refractivity contribution in [1.29, 1.82) is 0 Å². The van der Waals surface area contributed by atoms with Crippen LogP contribution in [0.25, 0.3) is 0 Å². The number of Topliss-reactive ketones (excluding diaryl/α,β-unsaturated/α-hetero) is 1. The van der Waals surface area contributed by atoms with Crippen LogP contribution in [0.3, 0.4) is 0 Å². The van der Waals surface area contributed by atoms with Gasteiger partial charge in [-0.25, -0.2) is 0 Å². The molecule has 0 rings (SSSR count). The molecule has 0 bridgehead atoms.